The van der Waals surface area contributed by atoms with Gasteiger partial charge in [-0.05, 0) is 85.2 Å². The molecule has 0 aromatic heterocycles. The number of carbonyl (C=O) groups is 2. The third-order valence-corrected chi connectivity index (χ3v) is 23.3. The molecule has 0 aliphatic carbocycles. The predicted octanol–water partition coefficient (Wildman–Crippen LogP) is 9.32. The standard InChI is InChI=1S/C25H36INO3Si.C16H19ClSi.C9H19NO4/c1-24(2,3)30-23(28)27-20(19-26)17-18-29-31(25(4,5)6,21-13-9-7-10-14-21)22-15-11-8-12-16-22;1-16(2,3)18(17,14-10-6-4-7-11-14)15-12-8-5-9-13-15;1-9(2,3)14-8(13)10-7(6-12)4-5-11/h7-16,20H,17-19H2,1-6H3,(H,27,28);4-13H,1-3H3;7,11-12H,4-6H2,1-3H3,(H,10,13)/t20-;;7-/m1.1/s1. The number of hydrogen-bond acceptors (Lipinski definition) is 7. The van der Waals surface area contributed by atoms with Crippen molar-refractivity contribution in [3.8, 4) is 0 Å². The van der Waals surface area contributed by atoms with Crippen molar-refractivity contribution in [2.45, 2.75) is 129 Å². The fourth-order valence-corrected chi connectivity index (χ4v) is 16.4. The Morgan fingerprint density at radius 1 is 0.571 bits per heavy atom. The second-order valence-electron chi connectivity index (χ2n) is 19.5. The van der Waals surface area contributed by atoms with E-state index in [1.54, 1.807) is 20.8 Å². The number of alkyl carbamates (subject to hydrolysis) is 2. The van der Waals surface area contributed by atoms with Gasteiger partial charge in [0.25, 0.3) is 8.32 Å². The molecular weight excluding hydrogens is 959 g/mol. The topological polar surface area (TPSA) is 126 Å². The average Bonchev–Trinajstić information content (AvgIpc) is 3.21. The lowest BCUT2D eigenvalue weighted by molar-refractivity contribution is 0.0468. The smallest absolute Gasteiger partial charge is 0.407 e. The number of amides is 2. The van der Waals surface area contributed by atoms with Crippen molar-refractivity contribution >= 4 is 82.3 Å². The van der Waals surface area contributed by atoms with Gasteiger partial charge in [-0.3, -0.25) is 0 Å². The third kappa shape index (κ3) is 17.9. The fourth-order valence-electron chi connectivity index (χ4n) is 6.99. The Bertz CT molecular complexity index is 1820. The van der Waals surface area contributed by atoms with Crippen molar-refractivity contribution in [2.75, 3.05) is 24.2 Å². The quantitative estimate of drug-likeness (QED) is 0.0430. The molecule has 0 unspecified atom stereocenters. The van der Waals surface area contributed by atoms with Gasteiger partial charge >= 0.3 is 12.2 Å². The van der Waals surface area contributed by atoms with Crippen LogP contribution in [0.1, 0.15) is 95.9 Å². The molecule has 0 saturated carbocycles. The summed E-state index contributed by atoms with van der Waals surface area (Å²) in [7, 11) is -4.78. The molecule has 0 heterocycles. The van der Waals surface area contributed by atoms with Gasteiger partial charge in [-0.15, -0.1) is 0 Å². The molecular formula is C50H74ClIN2O7Si2. The fraction of sp³-hybridized carbons (Fsp3) is 0.480. The molecule has 2 atom stereocenters. The molecule has 63 heavy (non-hydrogen) atoms. The number of carbonyl (C=O) groups excluding carboxylic acids is 2. The maximum Gasteiger partial charge on any atom is 0.407 e. The summed E-state index contributed by atoms with van der Waals surface area (Å²) in [4.78, 5) is 23.4. The lowest BCUT2D eigenvalue weighted by Gasteiger charge is -2.43. The van der Waals surface area contributed by atoms with E-state index in [9.17, 15) is 9.59 Å². The van der Waals surface area contributed by atoms with Gasteiger partial charge in [0, 0.05) is 23.7 Å². The molecule has 4 aromatic carbocycles. The molecule has 4 N–H and O–H groups in total. The summed E-state index contributed by atoms with van der Waals surface area (Å²) < 4.78 is 18.1. The van der Waals surface area contributed by atoms with Gasteiger partial charge < -0.3 is 34.7 Å². The zero-order valence-electron chi connectivity index (χ0n) is 39.6. The van der Waals surface area contributed by atoms with Crippen molar-refractivity contribution in [2.24, 2.45) is 0 Å². The van der Waals surface area contributed by atoms with Gasteiger partial charge in [0.05, 0.1) is 12.6 Å². The molecule has 2 amide bonds. The lowest BCUT2D eigenvalue weighted by atomic mass is 10.2. The Kier molecular flexibility index (Phi) is 22.6. The monoisotopic (exact) mass is 1030 g/mol. The van der Waals surface area contributed by atoms with Crippen LogP contribution < -0.4 is 31.4 Å². The highest BCUT2D eigenvalue weighted by atomic mass is 127. The normalized spacial score (nSPS) is 13.2. The number of nitrogens with one attached hydrogen (secondary N) is 2. The summed E-state index contributed by atoms with van der Waals surface area (Å²) in [6.07, 6.45) is 0.0900. The number of hydrogen-bond donors (Lipinski definition) is 4. The number of ether oxygens (including phenoxy) is 2. The minimum atomic E-state index is -2.55. The average molecular weight is 1030 g/mol. The van der Waals surface area contributed by atoms with Crippen LogP contribution in [0.2, 0.25) is 10.1 Å². The van der Waals surface area contributed by atoms with Crippen molar-refractivity contribution in [3.63, 3.8) is 0 Å². The van der Waals surface area contributed by atoms with Crippen LogP contribution in [0, 0.1) is 0 Å². The highest BCUT2D eigenvalue weighted by molar-refractivity contribution is 14.1. The van der Waals surface area contributed by atoms with Crippen LogP contribution in [0.15, 0.2) is 121 Å². The number of aliphatic hydroxyl groups is 2. The Hall–Kier alpha value is -3.25. The lowest BCUT2D eigenvalue weighted by Crippen LogP contribution is -2.66. The summed E-state index contributed by atoms with van der Waals surface area (Å²) in [6.45, 7) is 24.7. The van der Waals surface area contributed by atoms with Crippen LogP contribution >= 0.6 is 33.7 Å². The molecule has 0 aliphatic rings. The van der Waals surface area contributed by atoms with Crippen LogP contribution in [-0.2, 0) is 13.9 Å². The van der Waals surface area contributed by atoms with Gasteiger partial charge in [-0.25, -0.2) is 9.59 Å². The van der Waals surface area contributed by atoms with Crippen molar-refractivity contribution < 1.29 is 33.7 Å². The molecule has 0 radical (unpaired) electrons. The van der Waals surface area contributed by atoms with E-state index in [-0.39, 0.29) is 35.4 Å². The zero-order valence-corrected chi connectivity index (χ0v) is 44.5. The second kappa shape index (κ2) is 25.4. The summed E-state index contributed by atoms with van der Waals surface area (Å²) in [5, 5.41) is 28.0. The molecule has 0 saturated heterocycles. The van der Waals surface area contributed by atoms with Crippen LogP contribution in [0.4, 0.5) is 9.59 Å². The van der Waals surface area contributed by atoms with E-state index in [0.717, 1.165) is 10.8 Å². The van der Waals surface area contributed by atoms with Crippen LogP contribution in [-0.4, -0.2) is 85.6 Å². The molecule has 0 bridgehead atoms. The Morgan fingerprint density at radius 3 is 1.21 bits per heavy atom. The summed E-state index contributed by atoms with van der Waals surface area (Å²) in [5.41, 5.74) is -1.06. The van der Waals surface area contributed by atoms with Gasteiger partial charge in [-0.2, -0.15) is 11.1 Å². The second-order valence-corrected chi connectivity index (χ2v) is 30.3. The van der Waals surface area contributed by atoms with E-state index in [2.05, 4.69) is 172 Å². The molecule has 9 nitrogen and oxygen atoms in total. The van der Waals surface area contributed by atoms with Gasteiger partial charge in [0.15, 0.2) is 0 Å². The van der Waals surface area contributed by atoms with E-state index < -0.39 is 39.0 Å². The molecule has 13 heteroatoms. The van der Waals surface area contributed by atoms with E-state index in [1.165, 1.54) is 20.7 Å². The van der Waals surface area contributed by atoms with Gasteiger partial charge in [0.2, 0.25) is 7.38 Å². The Labute approximate surface area is 399 Å². The van der Waals surface area contributed by atoms with Crippen molar-refractivity contribution in [3.05, 3.63) is 121 Å². The predicted molar refractivity (Wildman–Crippen MR) is 276 cm³/mol. The SMILES string of the molecule is CC(C)(C)OC(=O)N[C@@H](CI)CCO[Si](c1ccccc1)(c1ccccc1)C(C)(C)C.CC(C)(C)OC(=O)N[C@@H](CO)CCO.CC(C)(C)[Si](Cl)(c1ccccc1)c1ccccc1. The first-order valence-electron chi connectivity index (χ1n) is 21.7. The molecule has 0 fully saturated rings. The first-order valence-corrected chi connectivity index (χ1v) is 28.1. The summed E-state index contributed by atoms with van der Waals surface area (Å²) in [5.74, 6) is 0. The van der Waals surface area contributed by atoms with Crippen molar-refractivity contribution in [1.82, 2.24) is 10.6 Å². The number of aliphatic hydroxyl groups excluding tert-OH is 2. The largest absolute Gasteiger partial charge is 0.444 e. The van der Waals surface area contributed by atoms with E-state index in [0.29, 0.717) is 13.0 Å². The molecule has 4 rings (SSSR count). The van der Waals surface area contributed by atoms with E-state index in [1.807, 2.05) is 45.0 Å². The molecule has 4 aromatic rings. The van der Waals surface area contributed by atoms with E-state index >= 15 is 0 Å². The minimum absolute atomic E-state index is 0.00587. The number of rotatable bonds is 14. The molecule has 0 aliphatic heterocycles. The highest BCUT2D eigenvalue weighted by Gasteiger charge is 2.50. The third-order valence-electron chi connectivity index (χ3n) is 9.90. The zero-order chi connectivity index (χ0) is 47.5. The maximum atomic E-state index is 12.2. The highest BCUT2D eigenvalue weighted by Crippen LogP contribution is 2.39. The number of benzene rings is 4. The van der Waals surface area contributed by atoms with E-state index in [4.69, 9.17) is 35.2 Å². The Morgan fingerprint density at radius 2 is 0.921 bits per heavy atom. The maximum absolute atomic E-state index is 12.2. The molecule has 348 valence electrons. The van der Waals surface area contributed by atoms with Crippen LogP contribution in [0.25, 0.3) is 0 Å². The van der Waals surface area contributed by atoms with Crippen LogP contribution in [0.3, 0.4) is 0 Å². The first kappa shape index (κ1) is 55.9. The number of halogens is 2. The summed E-state index contributed by atoms with van der Waals surface area (Å²) >= 11 is 9.51. The summed E-state index contributed by atoms with van der Waals surface area (Å²) in [6, 6.07) is 41.8. The van der Waals surface area contributed by atoms with Gasteiger partial charge in [0.1, 0.15) is 11.2 Å². The number of alkyl halides is 1. The van der Waals surface area contributed by atoms with Crippen molar-refractivity contribution in [1.29, 1.82) is 0 Å². The van der Waals surface area contributed by atoms with Gasteiger partial charge in [-0.1, -0.05) is 185 Å². The van der Waals surface area contributed by atoms with Crippen LogP contribution in [0.5, 0.6) is 0 Å². The first-order chi connectivity index (χ1) is 29.3. The Balaban J connectivity index is 0.000000360. The molecule has 0 spiro atoms. The minimum Gasteiger partial charge on any atom is -0.444 e.